The van der Waals surface area contributed by atoms with Crippen LogP contribution in [-0.4, -0.2) is 22.2 Å². The zero-order valence-electron chi connectivity index (χ0n) is 8.68. The predicted octanol–water partition coefficient (Wildman–Crippen LogP) is 1.65. The lowest BCUT2D eigenvalue weighted by Gasteiger charge is -2.01. The standard InChI is InChI=1S/C10H10FN3O2/c1-2-12-8-7(11)5-13-10(14-8)16-9(15)6-3-4-6/h2,5-6H,3-4H2,1H3/b12-2+. The third-order valence-corrected chi connectivity index (χ3v) is 2.06. The lowest BCUT2D eigenvalue weighted by atomic mass is 10.4. The SMILES string of the molecule is C/C=N/c1nc(OC(=O)C2CC2)ncc1F. The highest BCUT2D eigenvalue weighted by Gasteiger charge is 2.32. The molecule has 1 aromatic rings. The second kappa shape index (κ2) is 4.34. The van der Waals surface area contributed by atoms with Gasteiger partial charge in [0.05, 0.1) is 12.1 Å². The van der Waals surface area contributed by atoms with Gasteiger partial charge in [-0.25, -0.2) is 14.4 Å². The summed E-state index contributed by atoms with van der Waals surface area (Å²) < 4.78 is 18.0. The van der Waals surface area contributed by atoms with Crippen LogP contribution in [0.2, 0.25) is 0 Å². The molecule has 1 fully saturated rings. The molecule has 0 saturated heterocycles. The van der Waals surface area contributed by atoms with E-state index in [1.807, 2.05) is 0 Å². The minimum absolute atomic E-state index is 0.0493. The quantitative estimate of drug-likeness (QED) is 0.577. The van der Waals surface area contributed by atoms with Crippen LogP contribution < -0.4 is 4.74 Å². The molecule has 6 heteroatoms. The summed E-state index contributed by atoms with van der Waals surface area (Å²) in [5.74, 6) is -1.19. The summed E-state index contributed by atoms with van der Waals surface area (Å²) >= 11 is 0. The summed E-state index contributed by atoms with van der Waals surface area (Å²) in [6, 6.07) is -0.154. The van der Waals surface area contributed by atoms with Crippen molar-refractivity contribution in [2.75, 3.05) is 0 Å². The summed E-state index contributed by atoms with van der Waals surface area (Å²) in [4.78, 5) is 22.2. The van der Waals surface area contributed by atoms with Gasteiger partial charge in [-0.05, 0) is 19.8 Å². The Bertz CT molecular complexity index is 444. The molecule has 0 aromatic carbocycles. The van der Waals surface area contributed by atoms with Gasteiger partial charge in [0.2, 0.25) is 0 Å². The summed E-state index contributed by atoms with van der Waals surface area (Å²) in [6.07, 6.45) is 4.00. The number of hydrogen-bond donors (Lipinski definition) is 0. The van der Waals surface area contributed by atoms with E-state index in [0.29, 0.717) is 0 Å². The number of carbonyl (C=O) groups is 1. The van der Waals surface area contributed by atoms with E-state index < -0.39 is 5.82 Å². The van der Waals surface area contributed by atoms with Crippen LogP contribution in [-0.2, 0) is 4.79 Å². The number of carbonyl (C=O) groups excluding carboxylic acids is 1. The Balaban J connectivity index is 2.14. The summed E-state index contributed by atoms with van der Waals surface area (Å²) in [7, 11) is 0. The maximum absolute atomic E-state index is 13.1. The van der Waals surface area contributed by atoms with E-state index >= 15 is 0 Å². The molecule has 0 radical (unpaired) electrons. The van der Waals surface area contributed by atoms with Gasteiger partial charge in [-0.2, -0.15) is 4.98 Å². The van der Waals surface area contributed by atoms with Crippen molar-refractivity contribution in [3.8, 4) is 6.01 Å². The van der Waals surface area contributed by atoms with Gasteiger partial charge >= 0.3 is 12.0 Å². The summed E-state index contributed by atoms with van der Waals surface area (Å²) in [5.41, 5.74) is 0. The van der Waals surface area contributed by atoms with Gasteiger partial charge in [0.1, 0.15) is 0 Å². The van der Waals surface area contributed by atoms with Crippen molar-refractivity contribution in [3.63, 3.8) is 0 Å². The van der Waals surface area contributed by atoms with Gasteiger partial charge in [-0.1, -0.05) is 0 Å². The number of esters is 1. The largest absolute Gasteiger partial charge is 0.391 e. The molecule has 1 aromatic heterocycles. The third-order valence-electron chi connectivity index (χ3n) is 2.06. The van der Waals surface area contributed by atoms with Crippen LogP contribution >= 0.6 is 0 Å². The zero-order chi connectivity index (χ0) is 11.5. The number of aromatic nitrogens is 2. The highest BCUT2D eigenvalue weighted by Crippen LogP contribution is 2.30. The molecule has 0 N–H and O–H groups in total. The van der Waals surface area contributed by atoms with E-state index in [-0.39, 0.29) is 23.7 Å². The van der Waals surface area contributed by atoms with Crippen LogP contribution in [0.3, 0.4) is 0 Å². The van der Waals surface area contributed by atoms with Crippen LogP contribution in [0, 0.1) is 11.7 Å². The summed E-state index contributed by atoms with van der Waals surface area (Å²) in [5, 5.41) is 0. The van der Waals surface area contributed by atoms with E-state index in [4.69, 9.17) is 4.74 Å². The Morgan fingerprint density at radius 2 is 2.44 bits per heavy atom. The molecule has 1 saturated carbocycles. The van der Waals surface area contributed by atoms with Gasteiger partial charge < -0.3 is 4.74 Å². The first-order valence-corrected chi connectivity index (χ1v) is 4.93. The monoisotopic (exact) mass is 223 g/mol. The molecule has 0 unspecified atom stereocenters. The molecule has 1 heterocycles. The molecule has 0 bridgehead atoms. The fourth-order valence-electron chi connectivity index (χ4n) is 1.10. The normalized spacial score (nSPS) is 15.4. The Morgan fingerprint density at radius 3 is 3.06 bits per heavy atom. The number of hydrogen-bond acceptors (Lipinski definition) is 5. The van der Waals surface area contributed by atoms with Gasteiger partial charge in [-0.3, -0.25) is 4.79 Å². The van der Waals surface area contributed by atoms with Crippen molar-refractivity contribution in [3.05, 3.63) is 12.0 Å². The van der Waals surface area contributed by atoms with Crippen molar-refractivity contribution in [1.29, 1.82) is 0 Å². The number of ether oxygens (including phenoxy) is 1. The van der Waals surface area contributed by atoms with E-state index in [1.54, 1.807) is 6.92 Å². The van der Waals surface area contributed by atoms with Crippen molar-refractivity contribution in [2.24, 2.45) is 10.9 Å². The minimum Gasteiger partial charge on any atom is -0.391 e. The van der Waals surface area contributed by atoms with Gasteiger partial charge in [0.15, 0.2) is 11.6 Å². The first-order valence-electron chi connectivity index (χ1n) is 4.93. The lowest BCUT2D eigenvalue weighted by molar-refractivity contribution is -0.136. The van der Waals surface area contributed by atoms with Gasteiger partial charge in [0.25, 0.3) is 0 Å². The molecule has 2 rings (SSSR count). The van der Waals surface area contributed by atoms with Crippen molar-refractivity contribution >= 4 is 18.0 Å². The van der Waals surface area contributed by atoms with Gasteiger partial charge in [0, 0.05) is 6.21 Å². The molecule has 0 atom stereocenters. The smallest absolute Gasteiger partial charge is 0.326 e. The molecule has 1 aliphatic rings. The molecule has 84 valence electrons. The Morgan fingerprint density at radius 1 is 1.69 bits per heavy atom. The first-order chi connectivity index (χ1) is 7.70. The molecule has 0 aliphatic heterocycles. The number of rotatable bonds is 3. The number of halogens is 1. The fourth-order valence-corrected chi connectivity index (χ4v) is 1.10. The van der Waals surface area contributed by atoms with Crippen molar-refractivity contribution in [2.45, 2.75) is 19.8 Å². The Hall–Kier alpha value is -1.85. The van der Waals surface area contributed by atoms with Crippen LogP contribution in [0.1, 0.15) is 19.8 Å². The molecule has 1 aliphatic carbocycles. The predicted molar refractivity (Wildman–Crippen MR) is 54.2 cm³/mol. The van der Waals surface area contributed by atoms with E-state index in [9.17, 15) is 9.18 Å². The first kappa shape index (κ1) is 10.7. The second-order valence-corrected chi connectivity index (χ2v) is 3.41. The Labute approximate surface area is 91.4 Å². The van der Waals surface area contributed by atoms with Crippen molar-refractivity contribution in [1.82, 2.24) is 9.97 Å². The molecule has 0 amide bonds. The maximum atomic E-state index is 13.1. The van der Waals surface area contributed by atoms with Crippen LogP contribution in [0.25, 0.3) is 0 Å². The molecular weight excluding hydrogens is 213 g/mol. The van der Waals surface area contributed by atoms with Crippen LogP contribution in [0.4, 0.5) is 10.2 Å². The van der Waals surface area contributed by atoms with E-state index in [2.05, 4.69) is 15.0 Å². The zero-order valence-corrected chi connectivity index (χ0v) is 8.68. The maximum Gasteiger partial charge on any atom is 0.326 e. The Kier molecular flexibility index (Phi) is 2.89. The van der Waals surface area contributed by atoms with Crippen molar-refractivity contribution < 1.29 is 13.9 Å². The van der Waals surface area contributed by atoms with E-state index in [1.165, 1.54) is 6.21 Å². The number of aliphatic imine (C=N–C) groups is 1. The fraction of sp³-hybridized carbons (Fsp3) is 0.400. The lowest BCUT2D eigenvalue weighted by Crippen LogP contribution is -2.12. The van der Waals surface area contributed by atoms with Crippen LogP contribution in [0.15, 0.2) is 11.2 Å². The average Bonchev–Trinajstić information content (AvgIpc) is 3.07. The highest BCUT2D eigenvalue weighted by atomic mass is 19.1. The van der Waals surface area contributed by atoms with Gasteiger partial charge in [-0.15, -0.1) is 0 Å². The molecule has 0 spiro atoms. The minimum atomic E-state index is -0.649. The highest BCUT2D eigenvalue weighted by molar-refractivity contribution is 5.76. The summed E-state index contributed by atoms with van der Waals surface area (Å²) in [6.45, 7) is 1.64. The topological polar surface area (TPSA) is 64.4 Å². The number of nitrogens with zero attached hydrogens (tertiary/aromatic N) is 3. The second-order valence-electron chi connectivity index (χ2n) is 3.41. The van der Waals surface area contributed by atoms with E-state index in [0.717, 1.165) is 19.0 Å². The van der Waals surface area contributed by atoms with Crippen LogP contribution in [0.5, 0.6) is 6.01 Å². The average molecular weight is 223 g/mol. The third kappa shape index (κ3) is 2.39. The molecule has 5 nitrogen and oxygen atoms in total. The molecule has 16 heavy (non-hydrogen) atoms. The molecular formula is C10H10FN3O2.